The number of alkyl carbamates (subject to hydrolysis) is 1. The SMILES string of the molecule is Cc1ccc([N+](=O)[O-])c(OC[C@H](NC(=O)OC(C)(C)C)C(=O)O)c1. The van der Waals surface area contributed by atoms with Crippen LogP contribution in [0.25, 0.3) is 0 Å². The second-order valence-electron chi connectivity index (χ2n) is 6.08. The van der Waals surface area contributed by atoms with Gasteiger partial charge in [0.2, 0.25) is 0 Å². The number of rotatable bonds is 6. The predicted molar refractivity (Wildman–Crippen MR) is 84.1 cm³/mol. The molecule has 9 heteroatoms. The number of nitro benzene ring substituents is 1. The van der Waals surface area contributed by atoms with Crippen molar-refractivity contribution in [2.45, 2.75) is 39.3 Å². The minimum atomic E-state index is -1.42. The summed E-state index contributed by atoms with van der Waals surface area (Å²) in [4.78, 5) is 33.2. The van der Waals surface area contributed by atoms with E-state index in [1.165, 1.54) is 12.1 Å². The van der Waals surface area contributed by atoms with Crippen LogP contribution in [-0.4, -0.2) is 40.3 Å². The molecule has 0 bridgehead atoms. The van der Waals surface area contributed by atoms with Crippen LogP contribution in [0.2, 0.25) is 0 Å². The highest BCUT2D eigenvalue weighted by Crippen LogP contribution is 2.27. The van der Waals surface area contributed by atoms with Crippen molar-refractivity contribution in [3.8, 4) is 5.75 Å². The molecule has 0 aromatic heterocycles. The molecular weight excluding hydrogens is 320 g/mol. The van der Waals surface area contributed by atoms with E-state index >= 15 is 0 Å². The molecule has 1 atom stereocenters. The lowest BCUT2D eigenvalue weighted by Crippen LogP contribution is -2.46. The molecule has 0 aliphatic rings. The van der Waals surface area contributed by atoms with Crippen molar-refractivity contribution in [1.82, 2.24) is 5.32 Å². The minimum Gasteiger partial charge on any atom is -0.484 e. The molecular formula is C15H20N2O7. The Bertz CT molecular complexity index is 637. The van der Waals surface area contributed by atoms with Gasteiger partial charge in [-0.15, -0.1) is 0 Å². The van der Waals surface area contributed by atoms with Crippen molar-refractivity contribution in [2.24, 2.45) is 0 Å². The highest BCUT2D eigenvalue weighted by atomic mass is 16.6. The minimum absolute atomic E-state index is 0.0720. The van der Waals surface area contributed by atoms with Gasteiger partial charge in [0.25, 0.3) is 0 Å². The summed E-state index contributed by atoms with van der Waals surface area (Å²) in [5.41, 5.74) is -0.367. The van der Waals surface area contributed by atoms with Crippen molar-refractivity contribution in [2.75, 3.05) is 6.61 Å². The van der Waals surface area contributed by atoms with Crippen LogP contribution in [0.15, 0.2) is 18.2 Å². The third kappa shape index (κ3) is 6.11. The van der Waals surface area contributed by atoms with Crippen molar-refractivity contribution >= 4 is 17.7 Å². The molecule has 9 nitrogen and oxygen atoms in total. The highest BCUT2D eigenvalue weighted by molar-refractivity contribution is 5.80. The van der Waals surface area contributed by atoms with Crippen LogP contribution in [0, 0.1) is 17.0 Å². The molecule has 0 aliphatic carbocycles. The number of hydrogen-bond donors (Lipinski definition) is 2. The Labute approximate surface area is 138 Å². The van der Waals surface area contributed by atoms with E-state index in [1.807, 2.05) is 0 Å². The average molecular weight is 340 g/mol. The van der Waals surface area contributed by atoms with Crippen LogP contribution >= 0.6 is 0 Å². The molecule has 1 amide bonds. The number of ether oxygens (including phenoxy) is 2. The molecule has 0 saturated heterocycles. The Balaban J connectivity index is 2.81. The van der Waals surface area contributed by atoms with Crippen molar-refractivity contribution in [3.05, 3.63) is 33.9 Å². The molecule has 0 heterocycles. The van der Waals surface area contributed by atoms with E-state index in [-0.39, 0.29) is 11.4 Å². The molecule has 0 spiro atoms. The molecule has 1 aromatic rings. The number of carboxylic acid groups (broad SMARTS) is 1. The summed E-state index contributed by atoms with van der Waals surface area (Å²) < 4.78 is 10.2. The lowest BCUT2D eigenvalue weighted by molar-refractivity contribution is -0.385. The molecule has 132 valence electrons. The first-order valence-electron chi connectivity index (χ1n) is 7.10. The first kappa shape index (κ1) is 19.2. The van der Waals surface area contributed by atoms with E-state index in [0.717, 1.165) is 0 Å². The van der Waals surface area contributed by atoms with Gasteiger partial charge >= 0.3 is 17.7 Å². The molecule has 0 fully saturated rings. The number of aliphatic carboxylic acids is 1. The molecule has 0 aliphatic heterocycles. The van der Waals surface area contributed by atoms with Gasteiger partial charge < -0.3 is 19.9 Å². The van der Waals surface area contributed by atoms with E-state index in [1.54, 1.807) is 33.8 Å². The number of carbonyl (C=O) groups is 2. The summed E-state index contributed by atoms with van der Waals surface area (Å²) in [6, 6.07) is 2.81. The van der Waals surface area contributed by atoms with E-state index in [2.05, 4.69) is 5.32 Å². The maximum atomic E-state index is 11.7. The van der Waals surface area contributed by atoms with Crippen LogP contribution < -0.4 is 10.1 Å². The number of amides is 1. The van der Waals surface area contributed by atoms with E-state index in [9.17, 15) is 19.7 Å². The van der Waals surface area contributed by atoms with Gasteiger partial charge in [-0.25, -0.2) is 9.59 Å². The number of nitro groups is 1. The van der Waals surface area contributed by atoms with E-state index in [4.69, 9.17) is 14.6 Å². The molecule has 2 N–H and O–H groups in total. The van der Waals surface area contributed by atoms with Gasteiger partial charge in [-0.05, 0) is 39.3 Å². The molecule has 0 saturated carbocycles. The smallest absolute Gasteiger partial charge is 0.408 e. The van der Waals surface area contributed by atoms with Gasteiger partial charge in [0.1, 0.15) is 12.2 Å². The number of aryl methyl sites for hydroxylation is 1. The third-order valence-corrected chi connectivity index (χ3v) is 2.71. The van der Waals surface area contributed by atoms with Crippen LogP contribution in [0.3, 0.4) is 0 Å². The number of nitrogens with zero attached hydrogens (tertiary/aromatic N) is 1. The van der Waals surface area contributed by atoms with Crippen LogP contribution in [0.1, 0.15) is 26.3 Å². The van der Waals surface area contributed by atoms with Crippen molar-refractivity contribution in [3.63, 3.8) is 0 Å². The molecule has 1 rings (SSSR count). The normalized spacial score (nSPS) is 12.2. The fourth-order valence-corrected chi connectivity index (χ4v) is 1.69. The first-order chi connectivity index (χ1) is 11.0. The maximum absolute atomic E-state index is 11.7. The lowest BCUT2D eigenvalue weighted by atomic mass is 10.2. The zero-order valence-electron chi connectivity index (χ0n) is 13.9. The van der Waals surface area contributed by atoms with Crippen LogP contribution in [-0.2, 0) is 9.53 Å². The van der Waals surface area contributed by atoms with Crippen molar-refractivity contribution < 1.29 is 29.1 Å². The van der Waals surface area contributed by atoms with E-state index in [0.29, 0.717) is 5.56 Å². The Hall–Kier alpha value is -2.84. The number of carbonyl (C=O) groups excluding carboxylic acids is 1. The molecule has 1 aromatic carbocycles. The second-order valence-corrected chi connectivity index (χ2v) is 6.08. The van der Waals surface area contributed by atoms with Crippen LogP contribution in [0.4, 0.5) is 10.5 Å². The van der Waals surface area contributed by atoms with Gasteiger partial charge in [-0.1, -0.05) is 6.07 Å². The topological polar surface area (TPSA) is 128 Å². The maximum Gasteiger partial charge on any atom is 0.408 e. The number of hydrogen-bond acceptors (Lipinski definition) is 6. The van der Waals surface area contributed by atoms with Gasteiger partial charge in [-0.2, -0.15) is 0 Å². The fraction of sp³-hybridized carbons (Fsp3) is 0.467. The zero-order chi connectivity index (χ0) is 18.5. The third-order valence-electron chi connectivity index (χ3n) is 2.71. The molecule has 0 unspecified atom stereocenters. The molecule has 24 heavy (non-hydrogen) atoms. The first-order valence-corrected chi connectivity index (χ1v) is 7.10. The average Bonchev–Trinajstić information content (AvgIpc) is 2.40. The Morgan fingerprint density at radius 2 is 2.00 bits per heavy atom. The molecule has 0 radical (unpaired) electrons. The predicted octanol–water partition coefficient (Wildman–Crippen LogP) is 2.26. The summed E-state index contributed by atoms with van der Waals surface area (Å²) in [6.45, 7) is 6.13. The zero-order valence-corrected chi connectivity index (χ0v) is 13.9. The van der Waals surface area contributed by atoms with Crippen LogP contribution in [0.5, 0.6) is 5.75 Å². The summed E-state index contributed by atoms with van der Waals surface area (Å²) in [6.07, 6.45) is -0.919. The largest absolute Gasteiger partial charge is 0.484 e. The fourth-order valence-electron chi connectivity index (χ4n) is 1.69. The van der Waals surface area contributed by atoms with Gasteiger partial charge in [0, 0.05) is 6.07 Å². The quantitative estimate of drug-likeness (QED) is 0.600. The number of carboxylic acids is 1. The summed E-state index contributed by atoms with van der Waals surface area (Å²) in [5, 5.41) is 22.3. The summed E-state index contributed by atoms with van der Waals surface area (Å²) in [5.74, 6) is -1.42. The van der Waals surface area contributed by atoms with Gasteiger partial charge in [0.05, 0.1) is 4.92 Å². The second kappa shape index (κ2) is 7.62. The standard InChI is InChI=1S/C15H20N2O7/c1-9-5-6-11(17(21)22)12(7-9)23-8-10(13(18)19)16-14(20)24-15(2,3)4/h5-7,10H,8H2,1-4H3,(H,16,20)(H,18,19)/t10-/m0/s1. The van der Waals surface area contributed by atoms with Gasteiger partial charge in [0.15, 0.2) is 11.8 Å². The van der Waals surface area contributed by atoms with E-state index < -0.39 is 35.2 Å². The summed E-state index contributed by atoms with van der Waals surface area (Å²) >= 11 is 0. The Morgan fingerprint density at radius 3 is 2.50 bits per heavy atom. The number of benzene rings is 1. The Morgan fingerprint density at radius 1 is 1.38 bits per heavy atom. The lowest BCUT2D eigenvalue weighted by Gasteiger charge is -2.22. The monoisotopic (exact) mass is 340 g/mol. The Kier molecular flexibility index (Phi) is 6.10. The summed E-state index contributed by atoms with van der Waals surface area (Å²) in [7, 11) is 0. The number of nitrogens with one attached hydrogen (secondary N) is 1. The van der Waals surface area contributed by atoms with Crippen molar-refractivity contribution in [1.29, 1.82) is 0 Å². The van der Waals surface area contributed by atoms with Gasteiger partial charge in [-0.3, -0.25) is 10.1 Å². The highest BCUT2D eigenvalue weighted by Gasteiger charge is 2.26.